The number of nitrogens with zero attached hydrogens (tertiary/aromatic N) is 1. The first kappa shape index (κ1) is 9.07. The van der Waals surface area contributed by atoms with E-state index in [0.29, 0.717) is 0 Å². The maximum absolute atomic E-state index is 7.06. The molecule has 0 saturated heterocycles. The van der Waals surface area contributed by atoms with Gasteiger partial charge in [-0.25, -0.2) is 0 Å². The third-order valence-electron chi connectivity index (χ3n) is 1.73. The Bertz CT molecular complexity index is 297. The molecule has 0 saturated carbocycles. The fourth-order valence-electron chi connectivity index (χ4n) is 1.08. The van der Waals surface area contributed by atoms with Crippen molar-refractivity contribution in [2.75, 3.05) is 11.9 Å². The number of anilines is 1. The molecule has 0 unspecified atom stereocenters. The average Bonchev–Trinajstić information content (AvgIpc) is 2.03. The molecule has 0 aliphatic carbocycles. The number of rotatable bonds is 2. The van der Waals surface area contributed by atoms with Crippen molar-refractivity contribution in [2.24, 2.45) is 0 Å². The van der Waals surface area contributed by atoms with Gasteiger partial charge in [0.15, 0.2) is 0 Å². The summed E-state index contributed by atoms with van der Waals surface area (Å²) in [5.41, 5.74) is 2.09. The first-order valence-corrected chi connectivity index (χ1v) is 4.02. The van der Waals surface area contributed by atoms with Crippen molar-refractivity contribution in [1.29, 1.82) is 5.41 Å². The van der Waals surface area contributed by atoms with Crippen LogP contribution < -0.4 is 4.90 Å². The summed E-state index contributed by atoms with van der Waals surface area (Å²) in [7, 11) is 1.84. The smallest absolute Gasteiger partial charge is 0.0859 e. The van der Waals surface area contributed by atoms with E-state index < -0.39 is 0 Å². The van der Waals surface area contributed by atoms with Crippen molar-refractivity contribution in [3.63, 3.8) is 0 Å². The predicted molar refractivity (Wildman–Crippen MR) is 53.4 cm³/mol. The normalized spacial score (nSPS) is 9.58. The average molecular weight is 183 g/mol. The van der Waals surface area contributed by atoms with Crippen LogP contribution in [0.3, 0.4) is 0 Å². The van der Waals surface area contributed by atoms with E-state index >= 15 is 0 Å². The molecule has 0 aliphatic rings. The molecule has 2 nitrogen and oxygen atoms in total. The highest BCUT2D eigenvalue weighted by molar-refractivity contribution is 6.30. The summed E-state index contributed by atoms with van der Waals surface area (Å²) in [5.74, 6) is 0. The predicted octanol–water partition coefficient (Wildman–Crippen LogP) is 2.69. The Balaban J connectivity index is 3.09. The van der Waals surface area contributed by atoms with Crippen molar-refractivity contribution in [3.8, 4) is 0 Å². The van der Waals surface area contributed by atoms with E-state index in [9.17, 15) is 0 Å². The fraction of sp³-hybridized carbons (Fsp3) is 0.222. The molecule has 12 heavy (non-hydrogen) atoms. The second-order valence-corrected chi connectivity index (χ2v) is 3.11. The molecule has 1 aromatic rings. The van der Waals surface area contributed by atoms with Gasteiger partial charge in [-0.2, -0.15) is 0 Å². The lowest BCUT2D eigenvalue weighted by Gasteiger charge is -2.14. The molecule has 0 amide bonds. The molecule has 64 valence electrons. The Morgan fingerprint density at radius 1 is 1.50 bits per heavy atom. The molecule has 0 bridgehead atoms. The third-order valence-corrected chi connectivity index (χ3v) is 1.97. The van der Waals surface area contributed by atoms with Crippen LogP contribution in [0.5, 0.6) is 0 Å². The van der Waals surface area contributed by atoms with Crippen LogP contribution in [-0.4, -0.2) is 13.4 Å². The van der Waals surface area contributed by atoms with Crippen LogP contribution in [0, 0.1) is 12.3 Å². The van der Waals surface area contributed by atoms with Crippen LogP contribution in [0.25, 0.3) is 0 Å². The van der Waals surface area contributed by atoms with Gasteiger partial charge in [-0.3, -0.25) is 5.41 Å². The Hall–Kier alpha value is -1.02. The minimum absolute atomic E-state index is 0.731. The summed E-state index contributed by atoms with van der Waals surface area (Å²) in [6, 6.07) is 5.61. The standard InChI is InChI=1S/C9H11ClN2/c1-7-5-8(10)3-4-9(7)12(2)6-11/h3-6,11H,1-2H3. The molecule has 0 atom stereocenters. The zero-order valence-corrected chi connectivity index (χ0v) is 7.89. The van der Waals surface area contributed by atoms with Crippen molar-refractivity contribution >= 4 is 23.6 Å². The van der Waals surface area contributed by atoms with Gasteiger partial charge in [0.1, 0.15) is 0 Å². The van der Waals surface area contributed by atoms with E-state index in [0.717, 1.165) is 16.3 Å². The first-order valence-electron chi connectivity index (χ1n) is 3.64. The van der Waals surface area contributed by atoms with Crippen molar-refractivity contribution < 1.29 is 0 Å². The molecule has 1 rings (SSSR count). The maximum Gasteiger partial charge on any atom is 0.0859 e. The van der Waals surface area contributed by atoms with Gasteiger partial charge in [-0.1, -0.05) is 11.6 Å². The topological polar surface area (TPSA) is 27.1 Å². The molecule has 0 spiro atoms. The molecule has 3 heteroatoms. The largest absolute Gasteiger partial charge is 0.336 e. The van der Waals surface area contributed by atoms with Crippen LogP contribution in [-0.2, 0) is 0 Å². The molecule has 0 fully saturated rings. The SMILES string of the molecule is Cc1cc(Cl)ccc1N(C)C=N. The monoisotopic (exact) mass is 182 g/mol. The zero-order chi connectivity index (χ0) is 9.14. The second kappa shape index (κ2) is 3.59. The number of hydrogen-bond donors (Lipinski definition) is 1. The minimum atomic E-state index is 0.731. The van der Waals surface area contributed by atoms with Gasteiger partial charge in [0.05, 0.1) is 6.34 Å². The van der Waals surface area contributed by atoms with Crippen LogP contribution in [0.15, 0.2) is 18.2 Å². The van der Waals surface area contributed by atoms with Crippen molar-refractivity contribution in [1.82, 2.24) is 0 Å². The van der Waals surface area contributed by atoms with Gasteiger partial charge in [0.2, 0.25) is 0 Å². The molecule has 0 aromatic heterocycles. The van der Waals surface area contributed by atoms with Gasteiger partial charge in [0, 0.05) is 17.8 Å². The number of hydrogen-bond acceptors (Lipinski definition) is 1. The lowest BCUT2D eigenvalue weighted by atomic mass is 10.2. The highest BCUT2D eigenvalue weighted by Crippen LogP contribution is 2.21. The lowest BCUT2D eigenvalue weighted by molar-refractivity contribution is 1.24. The van der Waals surface area contributed by atoms with E-state index in [2.05, 4.69) is 0 Å². The van der Waals surface area contributed by atoms with Gasteiger partial charge in [-0.05, 0) is 30.7 Å². The van der Waals surface area contributed by atoms with Gasteiger partial charge in [-0.15, -0.1) is 0 Å². The summed E-state index contributed by atoms with van der Waals surface area (Å²) in [6.45, 7) is 1.97. The second-order valence-electron chi connectivity index (χ2n) is 2.67. The summed E-state index contributed by atoms with van der Waals surface area (Å²) in [5, 5.41) is 7.80. The molecule has 0 heterocycles. The molecule has 0 radical (unpaired) electrons. The van der Waals surface area contributed by atoms with Gasteiger partial charge < -0.3 is 4.90 Å². The van der Waals surface area contributed by atoms with Crippen molar-refractivity contribution in [3.05, 3.63) is 28.8 Å². The summed E-state index contributed by atoms with van der Waals surface area (Å²) in [6.07, 6.45) is 1.27. The molecule has 0 aliphatic heterocycles. The maximum atomic E-state index is 7.06. The molecular formula is C9H11ClN2. The van der Waals surface area contributed by atoms with Gasteiger partial charge in [0.25, 0.3) is 0 Å². The molecule has 1 aromatic carbocycles. The summed E-state index contributed by atoms with van der Waals surface area (Å²) in [4.78, 5) is 1.74. The third kappa shape index (κ3) is 1.77. The lowest BCUT2D eigenvalue weighted by Crippen LogP contribution is -2.14. The Morgan fingerprint density at radius 3 is 2.67 bits per heavy atom. The van der Waals surface area contributed by atoms with E-state index in [1.165, 1.54) is 6.34 Å². The number of benzene rings is 1. The summed E-state index contributed by atoms with van der Waals surface area (Å²) < 4.78 is 0. The summed E-state index contributed by atoms with van der Waals surface area (Å²) >= 11 is 5.79. The number of nitrogens with one attached hydrogen (secondary N) is 1. The van der Waals surface area contributed by atoms with Gasteiger partial charge >= 0.3 is 0 Å². The van der Waals surface area contributed by atoms with Crippen LogP contribution in [0.1, 0.15) is 5.56 Å². The highest BCUT2D eigenvalue weighted by atomic mass is 35.5. The number of aryl methyl sites for hydroxylation is 1. The Morgan fingerprint density at radius 2 is 2.17 bits per heavy atom. The van der Waals surface area contributed by atoms with Crippen LogP contribution in [0.4, 0.5) is 5.69 Å². The quantitative estimate of drug-likeness (QED) is 0.553. The number of halogens is 1. The zero-order valence-electron chi connectivity index (χ0n) is 7.13. The van der Waals surface area contributed by atoms with Crippen LogP contribution in [0.2, 0.25) is 5.02 Å². The minimum Gasteiger partial charge on any atom is -0.336 e. The fourth-order valence-corrected chi connectivity index (χ4v) is 1.31. The molecule has 1 N–H and O–H groups in total. The Kier molecular flexibility index (Phi) is 2.71. The Labute approximate surface area is 77.3 Å². The van der Waals surface area contributed by atoms with E-state index in [-0.39, 0.29) is 0 Å². The molecular weight excluding hydrogens is 172 g/mol. The van der Waals surface area contributed by atoms with E-state index in [1.54, 1.807) is 4.90 Å². The van der Waals surface area contributed by atoms with E-state index in [1.807, 2.05) is 32.2 Å². The van der Waals surface area contributed by atoms with Crippen molar-refractivity contribution in [2.45, 2.75) is 6.92 Å². The first-order chi connectivity index (χ1) is 5.65. The van der Waals surface area contributed by atoms with E-state index in [4.69, 9.17) is 17.0 Å². The highest BCUT2D eigenvalue weighted by Gasteiger charge is 2.01. The van der Waals surface area contributed by atoms with Crippen LogP contribution >= 0.6 is 11.6 Å².